The number of benzene rings is 1. The second kappa shape index (κ2) is 4.99. The number of halogens is 3. The Morgan fingerprint density at radius 1 is 1.20 bits per heavy atom. The minimum Gasteiger partial charge on any atom is -0.361 e. The van der Waals surface area contributed by atoms with Crippen LogP contribution in [-0.2, 0) is 0 Å². The summed E-state index contributed by atoms with van der Waals surface area (Å²) in [5.74, 6) is -1.15. The molecular formula is C13H11F3N2O2. The molecule has 1 aromatic heterocycles. The maximum absolute atomic E-state index is 13.2. The lowest BCUT2D eigenvalue weighted by atomic mass is 10.1. The first-order chi connectivity index (χ1) is 9.32. The molecule has 2 aromatic rings. The Morgan fingerprint density at radius 2 is 1.80 bits per heavy atom. The summed E-state index contributed by atoms with van der Waals surface area (Å²) in [7, 11) is 0. The molecule has 1 aromatic carbocycles. The predicted octanol–water partition coefficient (Wildman–Crippen LogP) is 3.46. The molecule has 0 atom stereocenters. The van der Waals surface area contributed by atoms with Gasteiger partial charge in [-0.05, 0) is 26.0 Å². The van der Waals surface area contributed by atoms with Crippen molar-refractivity contribution in [1.82, 2.24) is 5.16 Å². The van der Waals surface area contributed by atoms with Gasteiger partial charge in [0.05, 0.1) is 11.4 Å². The van der Waals surface area contributed by atoms with E-state index in [1.165, 1.54) is 38.1 Å². The molecule has 1 amide bonds. The average molecular weight is 284 g/mol. The summed E-state index contributed by atoms with van der Waals surface area (Å²) in [4.78, 5) is 12.0. The van der Waals surface area contributed by atoms with E-state index in [0.29, 0.717) is 0 Å². The molecule has 0 aliphatic rings. The van der Waals surface area contributed by atoms with Crippen molar-refractivity contribution in [3.05, 3.63) is 47.3 Å². The fourth-order valence-corrected chi connectivity index (χ4v) is 1.86. The quantitative estimate of drug-likeness (QED) is 0.793. The molecule has 106 valence electrons. The summed E-state index contributed by atoms with van der Waals surface area (Å²) in [5.41, 5.74) is -0.311. The van der Waals surface area contributed by atoms with Crippen LogP contribution < -0.4 is 4.90 Å². The number of alkyl halides is 3. The van der Waals surface area contributed by atoms with Gasteiger partial charge in [0.15, 0.2) is 0 Å². The number of amides is 1. The molecule has 2 rings (SSSR count). The van der Waals surface area contributed by atoms with E-state index in [1.807, 2.05) is 0 Å². The molecule has 0 saturated carbocycles. The van der Waals surface area contributed by atoms with Crippen molar-refractivity contribution in [2.75, 3.05) is 4.90 Å². The Labute approximate surface area is 112 Å². The van der Waals surface area contributed by atoms with Crippen molar-refractivity contribution < 1.29 is 22.5 Å². The van der Waals surface area contributed by atoms with Crippen LogP contribution in [0.2, 0.25) is 0 Å². The molecule has 0 fully saturated rings. The van der Waals surface area contributed by atoms with E-state index < -0.39 is 12.2 Å². The summed E-state index contributed by atoms with van der Waals surface area (Å²) in [5, 5.41) is 3.51. The first-order valence-corrected chi connectivity index (χ1v) is 5.71. The zero-order chi connectivity index (χ0) is 14.9. The number of aryl methyl sites for hydroxylation is 2. The standard InChI is InChI=1S/C13H11F3N2O2/c1-8-11(9(2)20-17-8)12(19)18(13(14,15)16)10-6-4-3-5-7-10/h3-7H,1-2H3. The highest BCUT2D eigenvalue weighted by Gasteiger charge is 2.44. The van der Waals surface area contributed by atoms with E-state index >= 15 is 0 Å². The third-order valence-electron chi connectivity index (χ3n) is 2.72. The van der Waals surface area contributed by atoms with Gasteiger partial charge in [0.2, 0.25) is 0 Å². The van der Waals surface area contributed by atoms with Gasteiger partial charge < -0.3 is 4.52 Å². The van der Waals surface area contributed by atoms with Crippen molar-refractivity contribution in [2.45, 2.75) is 20.1 Å². The highest BCUT2D eigenvalue weighted by molar-refractivity contribution is 6.07. The zero-order valence-electron chi connectivity index (χ0n) is 10.7. The molecular weight excluding hydrogens is 273 g/mol. The number of carbonyl (C=O) groups excluding carboxylic acids is 1. The van der Waals surface area contributed by atoms with E-state index in [2.05, 4.69) is 5.16 Å². The van der Waals surface area contributed by atoms with Crippen LogP contribution in [-0.4, -0.2) is 17.4 Å². The van der Waals surface area contributed by atoms with Crippen LogP contribution in [0.3, 0.4) is 0 Å². The number of hydrogen-bond donors (Lipinski definition) is 0. The molecule has 1 heterocycles. The van der Waals surface area contributed by atoms with E-state index in [9.17, 15) is 18.0 Å². The summed E-state index contributed by atoms with van der Waals surface area (Å²) in [6.45, 7) is 2.82. The van der Waals surface area contributed by atoms with Gasteiger partial charge in [-0.3, -0.25) is 4.79 Å². The number of nitrogens with zero attached hydrogens (tertiary/aromatic N) is 2. The number of carbonyl (C=O) groups is 1. The third-order valence-corrected chi connectivity index (χ3v) is 2.72. The molecule has 0 radical (unpaired) electrons. The number of para-hydroxylation sites is 1. The predicted molar refractivity (Wildman–Crippen MR) is 65.3 cm³/mol. The minimum atomic E-state index is -4.84. The van der Waals surface area contributed by atoms with Crippen LogP contribution in [0.25, 0.3) is 0 Å². The van der Waals surface area contributed by atoms with E-state index in [1.54, 1.807) is 6.07 Å². The normalized spacial score (nSPS) is 11.4. The Morgan fingerprint density at radius 3 is 2.25 bits per heavy atom. The molecule has 7 heteroatoms. The van der Waals surface area contributed by atoms with Gasteiger partial charge in [-0.1, -0.05) is 23.4 Å². The molecule has 20 heavy (non-hydrogen) atoms. The van der Waals surface area contributed by atoms with Crippen LogP contribution in [0.4, 0.5) is 18.9 Å². The van der Waals surface area contributed by atoms with Gasteiger partial charge in [0.1, 0.15) is 11.3 Å². The largest absolute Gasteiger partial charge is 0.491 e. The summed E-state index contributed by atoms with van der Waals surface area (Å²) in [6, 6.07) is 6.84. The summed E-state index contributed by atoms with van der Waals surface area (Å²) in [6.07, 6.45) is -4.84. The first-order valence-electron chi connectivity index (χ1n) is 5.71. The molecule has 0 aliphatic carbocycles. The highest BCUT2D eigenvalue weighted by Crippen LogP contribution is 2.31. The maximum atomic E-state index is 13.2. The second-order valence-electron chi connectivity index (χ2n) is 4.14. The lowest BCUT2D eigenvalue weighted by Crippen LogP contribution is -2.43. The minimum absolute atomic E-state index is 0.0534. The van der Waals surface area contributed by atoms with Gasteiger partial charge in [0, 0.05) is 0 Å². The Balaban J connectivity index is 2.52. The third kappa shape index (κ3) is 2.52. The molecule has 0 aliphatic heterocycles. The maximum Gasteiger partial charge on any atom is 0.491 e. The average Bonchev–Trinajstić information content (AvgIpc) is 2.68. The van der Waals surface area contributed by atoms with Crippen molar-refractivity contribution in [1.29, 1.82) is 0 Å². The van der Waals surface area contributed by atoms with E-state index in [4.69, 9.17) is 4.52 Å². The first kappa shape index (κ1) is 14.1. The topological polar surface area (TPSA) is 46.3 Å². The van der Waals surface area contributed by atoms with Gasteiger partial charge in [-0.15, -0.1) is 13.2 Å². The van der Waals surface area contributed by atoms with Crippen molar-refractivity contribution >= 4 is 11.6 Å². The Bertz CT molecular complexity index is 601. The number of rotatable bonds is 2. The van der Waals surface area contributed by atoms with Crippen LogP contribution in [0.5, 0.6) is 0 Å². The smallest absolute Gasteiger partial charge is 0.361 e. The van der Waals surface area contributed by atoms with Crippen LogP contribution in [0, 0.1) is 13.8 Å². The number of aromatic nitrogens is 1. The summed E-state index contributed by atoms with van der Waals surface area (Å²) < 4.78 is 44.2. The molecule has 0 spiro atoms. The van der Waals surface area contributed by atoms with E-state index in [-0.39, 0.29) is 27.6 Å². The molecule has 0 bridgehead atoms. The monoisotopic (exact) mass is 284 g/mol. The van der Waals surface area contributed by atoms with Crippen molar-refractivity contribution in [2.24, 2.45) is 0 Å². The zero-order valence-corrected chi connectivity index (χ0v) is 10.7. The van der Waals surface area contributed by atoms with Gasteiger partial charge in [-0.25, -0.2) is 4.90 Å². The van der Waals surface area contributed by atoms with Gasteiger partial charge in [0.25, 0.3) is 5.91 Å². The Hall–Kier alpha value is -2.31. The van der Waals surface area contributed by atoms with Crippen molar-refractivity contribution in [3.63, 3.8) is 0 Å². The Kier molecular flexibility index (Phi) is 3.52. The second-order valence-corrected chi connectivity index (χ2v) is 4.14. The molecule has 0 unspecified atom stereocenters. The molecule has 0 N–H and O–H groups in total. The molecule has 4 nitrogen and oxygen atoms in total. The fourth-order valence-electron chi connectivity index (χ4n) is 1.86. The van der Waals surface area contributed by atoms with Crippen molar-refractivity contribution in [3.8, 4) is 0 Å². The van der Waals surface area contributed by atoms with E-state index in [0.717, 1.165) is 0 Å². The number of hydrogen-bond acceptors (Lipinski definition) is 3. The summed E-state index contributed by atoms with van der Waals surface area (Å²) >= 11 is 0. The van der Waals surface area contributed by atoms with Crippen LogP contribution in [0.15, 0.2) is 34.9 Å². The lowest BCUT2D eigenvalue weighted by Gasteiger charge is -2.24. The fraction of sp³-hybridized carbons (Fsp3) is 0.231. The van der Waals surface area contributed by atoms with Gasteiger partial charge in [-0.2, -0.15) is 0 Å². The lowest BCUT2D eigenvalue weighted by molar-refractivity contribution is -0.122. The van der Waals surface area contributed by atoms with Crippen LogP contribution in [0.1, 0.15) is 21.8 Å². The highest BCUT2D eigenvalue weighted by atomic mass is 19.4. The molecule has 0 saturated heterocycles. The number of anilines is 1. The SMILES string of the molecule is Cc1noc(C)c1C(=O)N(c1ccccc1)C(F)(F)F. The van der Waals surface area contributed by atoms with Gasteiger partial charge >= 0.3 is 6.30 Å². The van der Waals surface area contributed by atoms with Crippen LogP contribution >= 0.6 is 0 Å².